The number of hydrogen-bond donors (Lipinski definition) is 1. The predicted octanol–water partition coefficient (Wildman–Crippen LogP) is 7.01. The van der Waals surface area contributed by atoms with E-state index in [4.69, 9.17) is 14.2 Å². The van der Waals surface area contributed by atoms with Gasteiger partial charge in [-0.2, -0.15) is 0 Å². The van der Waals surface area contributed by atoms with Gasteiger partial charge in [0.1, 0.15) is 24.7 Å². The number of ketones is 1. The van der Waals surface area contributed by atoms with E-state index in [2.05, 4.69) is 18.7 Å². The van der Waals surface area contributed by atoms with Crippen molar-refractivity contribution in [2.24, 2.45) is 0 Å². The van der Waals surface area contributed by atoms with Crippen molar-refractivity contribution >= 4 is 17.4 Å². The number of Topliss-reactive ketones (excluding diaryl/α,β-unsaturated/α-hetero) is 1. The van der Waals surface area contributed by atoms with Crippen LogP contribution in [-0.4, -0.2) is 59.9 Å². The second kappa shape index (κ2) is 16.0. The normalized spacial score (nSPS) is 15.7. The molecule has 5 rings (SSSR count). The SMILES string of the molecule is CCN(CC)CCCN1C(=O)C(=O)/C(=C(\O)c2ccc(OCc3ccccc3)cc2)C1c1ccc(OCc2ccccc2)c(OC)c1. The van der Waals surface area contributed by atoms with Crippen molar-refractivity contribution in [2.75, 3.05) is 33.3 Å². The van der Waals surface area contributed by atoms with E-state index in [0.29, 0.717) is 54.6 Å². The van der Waals surface area contributed by atoms with Gasteiger partial charge in [0.15, 0.2) is 11.5 Å². The summed E-state index contributed by atoms with van der Waals surface area (Å²) in [4.78, 5) is 31.0. The molecule has 0 aromatic heterocycles. The summed E-state index contributed by atoms with van der Waals surface area (Å²) in [5, 5.41) is 11.6. The molecule has 1 fully saturated rings. The molecule has 244 valence electrons. The second-order valence-corrected chi connectivity index (χ2v) is 11.4. The van der Waals surface area contributed by atoms with Crippen LogP contribution in [0.1, 0.15) is 48.6 Å². The van der Waals surface area contributed by atoms with E-state index < -0.39 is 17.7 Å². The lowest BCUT2D eigenvalue weighted by Gasteiger charge is -2.27. The Morgan fingerprint density at radius 1 is 0.787 bits per heavy atom. The molecule has 4 aromatic carbocycles. The fraction of sp³-hybridized carbons (Fsp3) is 0.282. The highest BCUT2D eigenvalue weighted by Crippen LogP contribution is 2.42. The van der Waals surface area contributed by atoms with Gasteiger partial charge in [-0.25, -0.2) is 0 Å². The summed E-state index contributed by atoms with van der Waals surface area (Å²) in [5.74, 6) is 0.0226. The first-order valence-electron chi connectivity index (χ1n) is 16.1. The zero-order valence-corrected chi connectivity index (χ0v) is 27.2. The minimum Gasteiger partial charge on any atom is -0.507 e. The summed E-state index contributed by atoms with van der Waals surface area (Å²) in [7, 11) is 1.55. The van der Waals surface area contributed by atoms with E-state index in [0.717, 1.165) is 30.8 Å². The third-order valence-electron chi connectivity index (χ3n) is 8.42. The highest BCUT2D eigenvalue weighted by atomic mass is 16.5. The third-order valence-corrected chi connectivity index (χ3v) is 8.42. The van der Waals surface area contributed by atoms with Crippen molar-refractivity contribution in [3.8, 4) is 17.2 Å². The zero-order chi connectivity index (χ0) is 33.2. The van der Waals surface area contributed by atoms with Gasteiger partial charge in [-0.05, 0) is 79.1 Å². The van der Waals surface area contributed by atoms with E-state index in [1.54, 1.807) is 48.4 Å². The molecule has 1 aliphatic rings. The van der Waals surface area contributed by atoms with Gasteiger partial charge in [0.05, 0.1) is 18.7 Å². The van der Waals surface area contributed by atoms with E-state index in [9.17, 15) is 14.7 Å². The van der Waals surface area contributed by atoms with Gasteiger partial charge in [-0.1, -0.05) is 80.6 Å². The summed E-state index contributed by atoms with van der Waals surface area (Å²) in [5.41, 5.74) is 3.14. The number of hydrogen-bond acceptors (Lipinski definition) is 7. The van der Waals surface area contributed by atoms with Gasteiger partial charge in [0.2, 0.25) is 0 Å². The first kappa shape index (κ1) is 33.3. The Morgan fingerprint density at radius 3 is 2.00 bits per heavy atom. The number of likely N-dealkylation sites (tertiary alicyclic amines) is 1. The van der Waals surface area contributed by atoms with Crippen LogP contribution in [0.2, 0.25) is 0 Å². The number of carbonyl (C=O) groups excluding carboxylic acids is 2. The van der Waals surface area contributed by atoms with E-state index in [1.165, 1.54) is 0 Å². The van der Waals surface area contributed by atoms with Crippen LogP contribution in [-0.2, 0) is 22.8 Å². The van der Waals surface area contributed by atoms with Crippen LogP contribution in [0.5, 0.6) is 17.2 Å². The molecule has 8 nitrogen and oxygen atoms in total. The molecule has 4 aromatic rings. The largest absolute Gasteiger partial charge is 0.507 e. The predicted molar refractivity (Wildman–Crippen MR) is 182 cm³/mol. The van der Waals surface area contributed by atoms with E-state index in [-0.39, 0.29) is 11.3 Å². The molecule has 0 bridgehead atoms. The Morgan fingerprint density at radius 2 is 1.40 bits per heavy atom. The van der Waals surface area contributed by atoms with Gasteiger partial charge >= 0.3 is 0 Å². The molecule has 0 aliphatic carbocycles. The lowest BCUT2D eigenvalue weighted by molar-refractivity contribution is -0.140. The van der Waals surface area contributed by atoms with Crippen LogP contribution in [0.3, 0.4) is 0 Å². The summed E-state index contributed by atoms with van der Waals surface area (Å²) < 4.78 is 17.7. The lowest BCUT2D eigenvalue weighted by Crippen LogP contribution is -2.33. The molecule has 1 heterocycles. The van der Waals surface area contributed by atoms with Crippen molar-refractivity contribution < 1.29 is 28.9 Å². The van der Waals surface area contributed by atoms with Crippen LogP contribution in [0, 0.1) is 0 Å². The summed E-state index contributed by atoms with van der Waals surface area (Å²) in [6, 6.07) is 31.1. The molecule has 1 aliphatic heterocycles. The van der Waals surface area contributed by atoms with Crippen LogP contribution in [0.15, 0.2) is 109 Å². The minimum atomic E-state index is -0.808. The van der Waals surface area contributed by atoms with Crippen LogP contribution in [0.4, 0.5) is 0 Å². The van der Waals surface area contributed by atoms with Crippen LogP contribution in [0.25, 0.3) is 5.76 Å². The molecule has 0 spiro atoms. The maximum atomic E-state index is 13.6. The summed E-state index contributed by atoms with van der Waals surface area (Å²) in [6.45, 7) is 7.87. The Labute approximate surface area is 276 Å². The van der Waals surface area contributed by atoms with Crippen LogP contribution < -0.4 is 14.2 Å². The molecule has 1 amide bonds. The Balaban J connectivity index is 1.45. The fourth-order valence-corrected chi connectivity index (χ4v) is 5.78. The Bertz CT molecular complexity index is 1670. The molecule has 1 atom stereocenters. The Kier molecular flexibility index (Phi) is 11.3. The Hall–Kier alpha value is -5.08. The number of rotatable bonds is 15. The minimum absolute atomic E-state index is 0.0378. The fourth-order valence-electron chi connectivity index (χ4n) is 5.78. The maximum Gasteiger partial charge on any atom is 0.295 e. The van der Waals surface area contributed by atoms with Gasteiger partial charge in [-0.15, -0.1) is 0 Å². The zero-order valence-electron chi connectivity index (χ0n) is 27.2. The quantitative estimate of drug-likeness (QED) is 0.0855. The topological polar surface area (TPSA) is 88.5 Å². The number of benzene rings is 4. The number of nitrogens with zero attached hydrogens (tertiary/aromatic N) is 2. The number of aliphatic hydroxyl groups is 1. The first-order valence-corrected chi connectivity index (χ1v) is 16.1. The molecule has 1 saturated heterocycles. The molecule has 1 unspecified atom stereocenters. The second-order valence-electron chi connectivity index (χ2n) is 11.4. The molecular formula is C39H42N2O6. The lowest BCUT2D eigenvalue weighted by atomic mass is 9.95. The average molecular weight is 635 g/mol. The standard InChI is InChI=1S/C39H42N2O6/c1-4-40(5-2)23-12-24-41-36(31-19-22-33(34(25-31)45-3)47-27-29-15-10-7-11-16-29)35(38(43)39(41)44)37(42)30-17-20-32(21-18-30)46-26-28-13-8-6-9-14-28/h6-11,13-22,25,36,42H,4-5,12,23-24,26-27H2,1-3H3/b37-35-. The maximum absolute atomic E-state index is 13.6. The molecule has 1 N–H and O–H groups in total. The van der Waals surface area contributed by atoms with Crippen molar-refractivity contribution in [1.29, 1.82) is 0 Å². The smallest absolute Gasteiger partial charge is 0.295 e. The van der Waals surface area contributed by atoms with Crippen molar-refractivity contribution in [3.63, 3.8) is 0 Å². The highest BCUT2D eigenvalue weighted by Gasteiger charge is 2.46. The summed E-state index contributed by atoms with van der Waals surface area (Å²) >= 11 is 0. The van der Waals surface area contributed by atoms with Gasteiger partial charge in [-0.3, -0.25) is 9.59 Å². The molecular weight excluding hydrogens is 592 g/mol. The van der Waals surface area contributed by atoms with Crippen LogP contribution >= 0.6 is 0 Å². The van der Waals surface area contributed by atoms with Crippen molar-refractivity contribution in [2.45, 2.75) is 39.5 Å². The number of aliphatic hydroxyl groups excluding tert-OH is 1. The number of ether oxygens (including phenoxy) is 3. The van der Waals surface area contributed by atoms with Crippen molar-refractivity contribution in [3.05, 3.63) is 131 Å². The monoisotopic (exact) mass is 634 g/mol. The average Bonchev–Trinajstić information content (AvgIpc) is 3.37. The molecule has 0 saturated carbocycles. The van der Waals surface area contributed by atoms with Gasteiger partial charge in [0, 0.05) is 12.1 Å². The molecule has 47 heavy (non-hydrogen) atoms. The summed E-state index contributed by atoms with van der Waals surface area (Å²) in [6.07, 6.45) is 0.675. The third kappa shape index (κ3) is 8.02. The molecule has 8 heteroatoms. The number of carbonyl (C=O) groups is 2. The number of methoxy groups -OCH3 is 1. The van der Waals surface area contributed by atoms with E-state index in [1.807, 2.05) is 66.7 Å². The van der Waals surface area contributed by atoms with Gasteiger partial charge < -0.3 is 29.1 Å². The highest BCUT2D eigenvalue weighted by molar-refractivity contribution is 6.46. The molecule has 0 radical (unpaired) electrons. The first-order chi connectivity index (χ1) is 22.9. The van der Waals surface area contributed by atoms with E-state index >= 15 is 0 Å². The van der Waals surface area contributed by atoms with Gasteiger partial charge in [0.25, 0.3) is 11.7 Å². The number of amides is 1. The van der Waals surface area contributed by atoms with Crippen molar-refractivity contribution in [1.82, 2.24) is 9.80 Å².